The Labute approximate surface area is 105 Å². The lowest BCUT2D eigenvalue weighted by molar-refractivity contribution is -0.119. The van der Waals surface area contributed by atoms with Gasteiger partial charge in [0.15, 0.2) is 0 Å². The number of nitrogens with two attached hydrogens (primary N) is 1. The van der Waals surface area contributed by atoms with Crippen molar-refractivity contribution in [2.45, 2.75) is 52.1 Å². The summed E-state index contributed by atoms with van der Waals surface area (Å²) < 4.78 is 0. The molecule has 0 bridgehead atoms. The molecule has 0 aromatic heterocycles. The fourth-order valence-electron chi connectivity index (χ4n) is 2.63. The number of carbonyl (C=O) groups is 1. The molecule has 0 aromatic rings. The maximum Gasteiger partial charge on any atom is 0.234 e. The molecule has 1 amide bonds. The van der Waals surface area contributed by atoms with Crippen LogP contribution in [0.4, 0.5) is 0 Å². The first-order valence-electron chi connectivity index (χ1n) is 6.82. The van der Waals surface area contributed by atoms with Gasteiger partial charge in [0, 0.05) is 12.6 Å². The van der Waals surface area contributed by atoms with Gasteiger partial charge >= 0.3 is 0 Å². The Morgan fingerprint density at radius 3 is 2.82 bits per heavy atom. The topological polar surface area (TPSA) is 58.4 Å². The number of hydrogen-bond donors (Lipinski definition) is 2. The van der Waals surface area contributed by atoms with E-state index in [2.05, 4.69) is 24.1 Å². The number of carbonyl (C=O) groups excluding carboxylic acids is 1. The fourth-order valence-corrected chi connectivity index (χ4v) is 2.63. The number of primary amides is 1. The molecule has 0 spiro atoms. The molecule has 0 aliphatic carbocycles. The maximum atomic E-state index is 11.0. The molecular weight excluding hydrogens is 214 g/mol. The van der Waals surface area contributed by atoms with Crippen LogP contribution in [-0.2, 0) is 4.79 Å². The minimum atomic E-state index is -0.266. The molecule has 3 atom stereocenters. The Morgan fingerprint density at radius 1 is 1.53 bits per heavy atom. The quantitative estimate of drug-likeness (QED) is 0.728. The first kappa shape index (κ1) is 14.5. The average Bonchev–Trinajstić information content (AvgIpc) is 2.29. The summed E-state index contributed by atoms with van der Waals surface area (Å²) >= 11 is 0. The number of hydrogen-bond acceptors (Lipinski definition) is 3. The van der Waals surface area contributed by atoms with Crippen LogP contribution in [0.2, 0.25) is 0 Å². The molecule has 4 nitrogen and oxygen atoms in total. The summed E-state index contributed by atoms with van der Waals surface area (Å²) in [5.74, 6) is 0.371. The van der Waals surface area contributed by atoms with Gasteiger partial charge in [-0.05, 0) is 52.1 Å². The van der Waals surface area contributed by atoms with Crippen LogP contribution in [0.15, 0.2) is 0 Å². The Morgan fingerprint density at radius 2 is 2.24 bits per heavy atom. The molecule has 1 saturated heterocycles. The van der Waals surface area contributed by atoms with Crippen molar-refractivity contribution < 1.29 is 4.79 Å². The molecule has 1 rings (SSSR count). The number of piperidine rings is 1. The van der Waals surface area contributed by atoms with E-state index < -0.39 is 0 Å². The van der Waals surface area contributed by atoms with E-state index in [1.807, 2.05) is 6.92 Å². The van der Waals surface area contributed by atoms with Crippen molar-refractivity contribution in [3.05, 3.63) is 0 Å². The zero-order valence-corrected chi connectivity index (χ0v) is 11.4. The predicted octanol–water partition coefficient (Wildman–Crippen LogP) is 0.960. The number of nitrogens with zero attached hydrogens (tertiary/aromatic N) is 1. The van der Waals surface area contributed by atoms with Gasteiger partial charge in [0.1, 0.15) is 0 Å². The van der Waals surface area contributed by atoms with Gasteiger partial charge in [0.2, 0.25) is 5.91 Å². The van der Waals surface area contributed by atoms with Crippen molar-refractivity contribution in [1.29, 1.82) is 0 Å². The lowest BCUT2D eigenvalue weighted by Crippen LogP contribution is -2.50. The van der Waals surface area contributed by atoms with Crippen LogP contribution in [0.3, 0.4) is 0 Å². The van der Waals surface area contributed by atoms with Gasteiger partial charge in [-0.3, -0.25) is 4.79 Å². The molecule has 3 N–H and O–H groups in total. The van der Waals surface area contributed by atoms with E-state index in [1.54, 1.807) is 0 Å². The van der Waals surface area contributed by atoms with Gasteiger partial charge in [0.05, 0.1) is 6.04 Å². The SMILES string of the molecule is CCCN1CCCC(C(C)NC(C)C(N)=O)C1. The van der Waals surface area contributed by atoms with E-state index in [0.717, 1.165) is 6.54 Å². The molecule has 17 heavy (non-hydrogen) atoms. The van der Waals surface area contributed by atoms with Gasteiger partial charge in [-0.25, -0.2) is 0 Å². The summed E-state index contributed by atoms with van der Waals surface area (Å²) in [6.07, 6.45) is 3.73. The van der Waals surface area contributed by atoms with E-state index >= 15 is 0 Å². The molecule has 1 heterocycles. The number of amides is 1. The molecule has 100 valence electrons. The van der Waals surface area contributed by atoms with Crippen LogP contribution in [-0.4, -0.2) is 42.5 Å². The van der Waals surface area contributed by atoms with Crippen LogP contribution in [0, 0.1) is 5.92 Å². The zero-order chi connectivity index (χ0) is 12.8. The van der Waals surface area contributed by atoms with E-state index in [-0.39, 0.29) is 11.9 Å². The second kappa shape index (κ2) is 6.97. The fraction of sp³-hybridized carbons (Fsp3) is 0.923. The van der Waals surface area contributed by atoms with Gasteiger partial charge in [0.25, 0.3) is 0 Å². The highest BCUT2D eigenvalue weighted by Crippen LogP contribution is 2.20. The summed E-state index contributed by atoms with van der Waals surface area (Å²) in [5.41, 5.74) is 5.28. The number of likely N-dealkylation sites (tertiary alicyclic amines) is 1. The van der Waals surface area contributed by atoms with E-state index in [4.69, 9.17) is 5.73 Å². The third-order valence-electron chi connectivity index (χ3n) is 3.73. The Hall–Kier alpha value is -0.610. The molecule has 1 aliphatic rings. The molecule has 0 saturated carbocycles. The highest BCUT2D eigenvalue weighted by Gasteiger charge is 2.25. The number of nitrogens with one attached hydrogen (secondary N) is 1. The summed E-state index contributed by atoms with van der Waals surface area (Å²) in [5, 5.41) is 3.31. The zero-order valence-electron chi connectivity index (χ0n) is 11.4. The van der Waals surface area contributed by atoms with Crippen molar-refractivity contribution in [2.75, 3.05) is 19.6 Å². The molecule has 0 aromatic carbocycles. The maximum absolute atomic E-state index is 11.0. The molecule has 0 radical (unpaired) electrons. The Balaban J connectivity index is 2.40. The third-order valence-corrected chi connectivity index (χ3v) is 3.73. The smallest absolute Gasteiger partial charge is 0.234 e. The van der Waals surface area contributed by atoms with Crippen LogP contribution in [0.25, 0.3) is 0 Å². The standard InChI is InChI=1S/C13H27N3O/c1-4-7-16-8-5-6-12(9-16)10(2)15-11(3)13(14)17/h10-12,15H,4-9H2,1-3H3,(H2,14,17). The largest absolute Gasteiger partial charge is 0.368 e. The van der Waals surface area contributed by atoms with E-state index in [9.17, 15) is 4.79 Å². The minimum Gasteiger partial charge on any atom is -0.368 e. The lowest BCUT2D eigenvalue weighted by atomic mass is 9.91. The Bertz CT molecular complexity index is 243. The highest BCUT2D eigenvalue weighted by atomic mass is 16.1. The summed E-state index contributed by atoms with van der Waals surface area (Å²) in [6, 6.07) is 0.128. The van der Waals surface area contributed by atoms with Gasteiger partial charge < -0.3 is 16.0 Å². The van der Waals surface area contributed by atoms with Crippen LogP contribution in [0.1, 0.15) is 40.0 Å². The molecule has 1 aliphatic heterocycles. The van der Waals surface area contributed by atoms with E-state index in [1.165, 1.54) is 32.4 Å². The predicted molar refractivity (Wildman–Crippen MR) is 70.7 cm³/mol. The van der Waals surface area contributed by atoms with Crippen LogP contribution >= 0.6 is 0 Å². The Kier molecular flexibility index (Phi) is 5.92. The summed E-state index contributed by atoms with van der Waals surface area (Å²) in [6.45, 7) is 9.79. The minimum absolute atomic E-state index is 0.230. The lowest BCUT2D eigenvalue weighted by Gasteiger charge is -2.36. The first-order valence-corrected chi connectivity index (χ1v) is 6.82. The van der Waals surface area contributed by atoms with Gasteiger partial charge in [-0.15, -0.1) is 0 Å². The van der Waals surface area contributed by atoms with Crippen molar-refractivity contribution >= 4 is 5.91 Å². The molecule has 4 heteroatoms. The third kappa shape index (κ3) is 4.64. The number of rotatable bonds is 6. The second-order valence-electron chi connectivity index (χ2n) is 5.28. The summed E-state index contributed by atoms with van der Waals surface area (Å²) in [4.78, 5) is 13.6. The van der Waals surface area contributed by atoms with Crippen molar-refractivity contribution in [1.82, 2.24) is 10.2 Å². The van der Waals surface area contributed by atoms with Crippen molar-refractivity contribution in [3.63, 3.8) is 0 Å². The van der Waals surface area contributed by atoms with Crippen molar-refractivity contribution in [2.24, 2.45) is 11.7 Å². The van der Waals surface area contributed by atoms with Crippen LogP contribution < -0.4 is 11.1 Å². The summed E-state index contributed by atoms with van der Waals surface area (Å²) in [7, 11) is 0. The first-order chi connectivity index (χ1) is 8.04. The van der Waals surface area contributed by atoms with E-state index in [0.29, 0.717) is 12.0 Å². The monoisotopic (exact) mass is 241 g/mol. The molecule has 3 unspecified atom stereocenters. The average molecular weight is 241 g/mol. The second-order valence-corrected chi connectivity index (χ2v) is 5.28. The van der Waals surface area contributed by atoms with Crippen LogP contribution in [0.5, 0.6) is 0 Å². The molecular formula is C13H27N3O. The van der Waals surface area contributed by atoms with Gasteiger partial charge in [-0.2, -0.15) is 0 Å². The van der Waals surface area contributed by atoms with Crippen molar-refractivity contribution in [3.8, 4) is 0 Å². The normalized spacial score (nSPS) is 25.5. The molecule has 1 fully saturated rings. The van der Waals surface area contributed by atoms with Gasteiger partial charge in [-0.1, -0.05) is 6.92 Å². The highest BCUT2D eigenvalue weighted by molar-refractivity contribution is 5.79.